The first-order chi connectivity index (χ1) is 8.84. The summed E-state index contributed by atoms with van der Waals surface area (Å²) in [5.41, 5.74) is 5.22. The molecule has 1 heterocycles. The SMILES string of the molecule is Cc1nc(C(N)=O)sc1S(=O)(=O)N(CCO)CCO. The summed E-state index contributed by atoms with van der Waals surface area (Å²) in [7, 11) is -3.91. The molecule has 0 fully saturated rings. The van der Waals surface area contributed by atoms with Gasteiger partial charge in [-0.3, -0.25) is 4.79 Å². The number of carbonyl (C=O) groups is 1. The van der Waals surface area contributed by atoms with Gasteiger partial charge in [0.25, 0.3) is 15.9 Å². The molecule has 10 heteroatoms. The molecule has 0 unspecified atom stereocenters. The molecule has 108 valence electrons. The maximum atomic E-state index is 12.3. The number of sulfonamides is 1. The first-order valence-electron chi connectivity index (χ1n) is 5.33. The number of aliphatic hydroxyl groups excluding tert-OH is 2. The first kappa shape index (κ1) is 16.0. The van der Waals surface area contributed by atoms with Gasteiger partial charge in [0.15, 0.2) is 9.22 Å². The standard InChI is InChI=1S/C9H15N3O5S2/c1-6-9(18-8(11-6)7(10)15)19(16,17)12(2-4-13)3-5-14/h13-14H,2-5H2,1H3,(H2,10,15). The van der Waals surface area contributed by atoms with Crippen LogP contribution in [0.25, 0.3) is 0 Å². The summed E-state index contributed by atoms with van der Waals surface area (Å²) >= 11 is 0.676. The van der Waals surface area contributed by atoms with Crippen LogP contribution in [-0.4, -0.2) is 60.1 Å². The van der Waals surface area contributed by atoms with Gasteiger partial charge in [0.1, 0.15) is 0 Å². The van der Waals surface area contributed by atoms with E-state index in [4.69, 9.17) is 15.9 Å². The van der Waals surface area contributed by atoms with Crippen LogP contribution in [0.5, 0.6) is 0 Å². The number of aliphatic hydroxyl groups is 2. The lowest BCUT2D eigenvalue weighted by Gasteiger charge is -2.19. The van der Waals surface area contributed by atoms with Crippen LogP contribution in [0.4, 0.5) is 0 Å². The number of hydrogen-bond acceptors (Lipinski definition) is 7. The van der Waals surface area contributed by atoms with Gasteiger partial charge in [0, 0.05) is 13.1 Å². The second-order valence-electron chi connectivity index (χ2n) is 3.61. The predicted molar refractivity (Wildman–Crippen MR) is 68.3 cm³/mol. The third kappa shape index (κ3) is 3.48. The Morgan fingerprint density at radius 3 is 2.26 bits per heavy atom. The van der Waals surface area contributed by atoms with Gasteiger partial charge >= 0.3 is 0 Å². The third-order valence-electron chi connectivity index (χ3n) is 2.24. The number of aromatic nitrogens is 1. The van der Waals surface area contributed by atoms with Crippen molar-refractivity contribution in [2.45, 2.75) is 11.1 Å². The van der Waals surface area contributed by atoms with Gasteiger partial charge in [-0.25, -0.2) is 13.4 Å². The predicted octanol–water partition coefficient (Wildman–Crippen LogP) is -1.47. The highest BCUT2D eigenvalue weighted by molar-refractivity contribution is 7.91. The Labute approximate surface area is 114 Å². The van der Waals surface area contributed by atoms with Gasteiger partial charge in [-0.1, -0.05) is 11.3 Å². The van der Waals surface area contributed by atoms with E-state index < -0.39 is 15.9 Å². The fraction of sp³-hybridized carbons (Fsp3) is 0.556. The van der Waals surface area contributed by atoms with E-state index in [2.05, 4.69) is 4.98 Å². The first-order valence-corrected chi connectivity index (χ1v) is 7.59. The van der Waals surface area contributed by atoms with Gasteiger partial charge < -0.3 is 15.9 Å². The van der Waals surface area contributed by atoms with E-state index in [9.17, 15) is 13.2 Å². The molecule has 8 nitrogen and oxygen atoms in total. The van der Waals surface area contributed by atoms with E-state index in [0.29, 0.717) is 11.3 Å². The molecule has 0 atom stereocenters. The summed E-state index contributed by atoms with van der Waals surface area (Å²) in [6.45, 7) is 0.406. The number of hydrogen-bond donors (Lipinski definition) is 3. The van der Waals surface area contributed by atoms with Crippen molar-refractivity contribution in [3.63, 3.8) is 0 Å². The highest BCUT2D eigenvalue weighted by atomic mass is 32.2. The summed E-state index contributed by atoms with van der Waals surface area (Å²) in [6, 6.07) is 0. The normalized spacial score (nSPS) is 12.0. The summed E-state index contributed by atoms with van der Waals surface area (Å²) in [4.78, 5) is 14.8. The average Bonchev–Trinajstić information content (AvgIpc) is 2.72. The lowest BCUT2D eigenvalue weighted by atomic mass is 10.6. The fourth-order valence-electron chi connectivity index (χ4n) is 1.42. The maximum absolute atomic E-state index is 12.3. The van der Waals surface area contributed by atoms with Crippen LogP contribution in [0.15, 0.2) is 4.21 Å². The van der Waals surface area contributed by atoms with E-state index in [1.54, 1.807) is 0 Å². The Bertz CT molecular complexity index is 548. The molecule has 0 bridgehead atoms. The molecule has 0 aliphatic carbocycles. The van der Waals surface area contributed by atoms with Crippen molar-refractivity contribution in [1.82, 2.24) is 9.29 Å². The average molecular weight is 309 g/mol. The lowest BCUT2D eigenvalue weighted by molar-refractivity contribution is 0.0999. The number of aryl methyl sites for hydroxylation is 1. The van der Waals surface area contributed by atoms with Crippen LogP contribution in [0, 0.1) is 6.92 Å². The topological polar surface area (TPSA) is 134 Å². The van der Waals surface area contributed by atoms with Crippen molar-refractivity contribution >= 4 is 27.3 Å². The number of nitrogens with two attached hydrogens (primary N) is 1. The molecule has 0 saturated carbocycles. The number of amides is 1. The summed E-state index contributed by atoms with van der Waals surface area (Å²) in [5, 5.41) is 17.6. The van der Waals surface area contributed by atoms with E-state index in [0.717, 1.165) is 4.31 Å². The van der Waals surface area contributed by atoms with Gasteiger partial charge in [0.2, 0.25) is 0 Å². The molecule has 0 radical (unpaired) electrons. The third-order valence-corrected chi connectivity index (χ3v) is 5.90. The molecule has 0 aliphatic heterocycles. The number of nitrogens with zero attached hydrogens (tertiary/aromatic N) is 2. The van der Waals surface area contributed by atoms with E-state index in [1.807, 2.05) is 0 Å². The summed E-state index contributed by atoms with van der Waals surface area (Å²) in [5.74, 6) is -0.801. The molecule has 19 heavy (non-hydrogen) atoms. The Balaban J connectivity index is 3.20. The number of carbonyl (C=O) groups excluding carboxylic acids is 1. The van der Waals surface area contributed by atoms with E-state index in [-0.39, 0.29) is 41.2 Å². The molecule has 0 saturated heterocycles. The zero-order valence-corrected chi connectivity index (χ0v) is 11.9. The number of rotatable bonds is 7. The van der Waals surface area contributed by atoms with Crippen molar-refractivity contribution in [2.75, 3.05) is 26.3 Å². The van der Waals surface area contributed by atoms with Gasteiger partial charge in [-0.2, -0.15) is 4.31 Å². The molecular weight excluding hydrogens is 294 g/mol. The Kier molecular flexibility index (Phi) is 5.38. The van der Waals surface area contributed by atoms with Crippen LogP contribution < -0.4 is 5.73 Å². The highest BCUT2D eigenvalue weighted by Gasteiger charge is 2.29. The van der Waals surface area contributed by atoms with Crippen LogP contribution in [-0.2, 0) is 10.0 Å². The second kappa shape index (κ2) is 6.39. The van der Waals surface area contributed by atoms with E-state index >= 15 is 0 Å². The van der Waals surface area contributed by atoms with Crippen LogP contribution >= 0.6 is 11.3 Å². The number of thiazole rings is 1. The number of primary amides is 1. The van der Waals surface area contributed by atoms with Crippen molar-refractivity contribution in [3.05, 3.63) is 10.7 Å². The minimum Gasteiger partial charge on any atom is -0.395 e. The van der Waals surface area contributed by atoms with Crippen LogP contribution in [0.3, 0.4) is 0 Å². The van der Waals surface area contributed by atoms with Gasteiger partial charge in [-0.15, -0.1) is 0 Å². The van der Waals surface area contributed by atoms with Crippen LogP contribution in [0.2, 0.25) is 0 Å². The second-order valence-corrected chi connectivity index (χ2v) is 6.74. The maximum Gasteiger partial charge on any atom is 0.277 e. The Morgan fingerprint density at radius 1 is 1.37 bits per heavy atom. The van der Waals surface area contributed by atoms with E-state index in [1.165, 1.54) is 6.92 Å². The molecule has 0 aliphatic rings. The minimum absolute atomic E-state index is 0.0935. The zero-order chi connectivity index (χ0) is 14.6. The van der Waals surface area contributed by atoms with Crippen molar-refractivity contribution < 1.29 is 23.4 Å². The van der Waals surface area contributed by atoms with Gasteiger partial charge in [0.05, 0.1) is 18.9 Å². The molecular formula is C9H15N3O5S2. The summed E-state index contributed by atoms with van der Waals surface area (Å²) in [6.07, 6.45) is 0. The molecule has 0 spiro atoms. The fourth-order valence-corrected chi connectivity index (χ4v) is 4.34. The van der Waals surface area contributed by atoms with Crippen molar-refractivity contribution in [1.29, 1.82) is 0 Å². The Hall–Kier alpha value is -1.07. The smallest absolute Gasteiger partial charge is 0.277 e. The van der Waals surface area contributed by atoms with Gasteiger partial charge in [-0.05, 0) is 6.92 Å². The van der Waals surface area contributed by atoms with Crippen LogP contribution in [0.1, 0.15) is 15.5 Å². The Morgan fingerprint density at radius 2 is 1.89 bits per heavy atom. The lowest BCUT2D eigenvalue weighted by Crippen LogP contribution is -2.35. The monoisotopic (exact) mass is 309 g/mol. The molecule has 1 aromatic rings. The highest BCUT2D eigenvalue weighted by Crippen LogP contribution is 2.26. The minimum atomic E-state index is -3.91. The largest absolute Gasteiger partial charge is 0.395 e. The molecule has 1 rings (SSSR count). The van der Waals surface area contributed by atoms with Crippen molar-refractivity contribution in [3.8, 4) is 0 Å². The molecule has 1 aromatic heterocycles. The molecule has 1 amide bonds. The zero-order valence-electron chi connectivity index (χ0n) is 10.2. The summed E-state index contributed by atoms with van der Waals surface area (Å²) < 4.78 is 25.4. The van der Waals surface area contributed by atoms with Crippen molar-refractivity contribution in [2.24, 2.45) is 5.73 Å². The quantitative estimate of drug-likeness (QED) is 0.563. The molecule has 4 N–H and O–H groups in total. The molecule has 0 aromatic carbocycles.